The van der Waals surface area contributed by atoms with Gasteiger partial charge in [-0.05, 0) is 56.5 Å². The van der Waals surface area contributed by atoms with Crippen molar-refractivity contribution in [3.05, 3.63) is 67.7 Å². The summed E-state index contributed by atoms with van der Waals surface area (Å²) in [5.74, 6) is 0. The van der Waals surface area contributed by atoms with Crippen LogP contribution in [0.15, 0.2) is 36.5 Å². The van der Waals surface area contributed by atoms with Gasteiger partial charge in [-0.1, -0.05) is 29.3 Å². The van der Waals surface area contributed by atoms with E-state index in [2.05, 4.69) is 24.9 Å². The summed E-state index contributed by atoms with van der Waals surface area (Å²) in [5.41, 5.74) is 4.27. The fourth-order valence-electron chi connectivity index (χ4n) is 3.20. The first-order chi connectivity index (χ1) is 11.5. The number of aryl methyl sites for hydroxylation is 2. The monoisotopic (exact) mass is 374 g/mol. The van der Waals surface area contributed by atoms with Gasteiger partial charge >= 0.3 is 0 Å². The summed E-state index contributed by atoms with van der Waals surface area (Å²) in [5, 5.41) is 2.42. The maximum atomic E-state index is 6.39. The summed E-state index contributed by atoms with van der Waals surface area (Å²) >= 11 is 14.2. The predicted octanol–water partition coefficient (Wildman–Crippen LogP) is 6.21. The average molecular weight is 375 g/mol. The standard InChI is InChI=1S/C19H16Cl2N2S/c1-11-4-3-9-22-17(11)19(7-8-19)18-23-16(12(2)24-18)14-6-5-13(20)10-15(14)21/h3-6,9-10H,7-8H2,1-2H3. The third-order valence-corrected chi connectivity index (χ3v) is 6.33. The predicted molar refractivity (Wildman–Crippen MR) is 101 cm³/mol. The minimum absolute atomic E-state index is 0.0160. The van der Waals surface area contributed by atoms with Crippen LogP contribution in [0, 0.1) is 13.8 Å². The molecule has 5 heteroatoms. The van der Waals surface area contributed by atoms with E-state index in [0.717, 1.165) is 34.8 Å². The Morgan fingerprint density at radius 2 is 1.92 bits per heavy atom. The molecule has 2 aromatic heterocycles. The van der Waals surface area contributed by atoms with Crippen LogP contribution in [-0.2, 0) is 5.41 Å². The molecular weight excluding hydrogens is 359 g/mol. The van der Waals surface area contributed by atoms with E-state index in [1.807, 2.05) is 24.4 Å². The summed E-state index contributed by atoms with van der Waals surface area (Å²) in [4.78, 5) is 10.8. The lowest BCUT2D eigenvalue weighted by atomic mass is 9.98. The second kappa shape index (κ2) is 5.83. The molecule has 122 valence electrons. The van der Waals surface area contributed by atoms with Crippen LogP contribution in [-0.4, -0.2) is 9.97 Å². The molecule has 0 bridgehead atoms. The zero-order valence-electron chi connectivity index (χ0n) is 13.4. The van der Waals surface area contributed by atoms with Crippen molar-refractivity contribution >= 4 is 34.5 Å². The van der Waals surface area contributed by atoms with Gasteiger partial charge in [0.15, 0.2) is 0 Å². The molecule has 0 saturated heterocycles. The normalized spacial score (nSPS) is 15.5. The van der Waals surface area contributed by atoms with Crippen LogP contribution in [0.5, 0.6) is 0 Å². The van der Waals surface area contributed by atoms with Gasteiger partial charge in [-0.2, -0.15) is 0 Å². The maximum Gasteiger partial charge on any atom is 0.106 e. The highest BCUT2D eigenvalue weighted by molar-refractivity contribution is 7.12. The van der Waals surface area contributed by atoms with Crippen molar-refractivity contribution in [2.24, 2.45) is 0 Å². The maximum absolute atomic E-state index is 6.39. The van der Waals surface area contributed by atoms with E-state index in [-0.39, 0.29) is 5.41 Å². The number of hydrogen-bond acceptors (Lipinski definition) is 3. The van der Waals surface area contributed by atoms with Gasteiger partial charge < -0.3 is 0 Å². The Balaban J connectivity index is 1.81. The summed E-state index contributed by atoms with van der Waals surface area (Å²) in [6, 6.07) is 9.69. The molecule has 2 nitrogen and oxygen atoms in total. The molecule has 3 aromatic rings. The molecule has 0 radical (unpaired) electrons. The molecule has 1 fully saturated rings. The number of hydrogen-bond donors (Lipinski definition) is 0. The van der Waals surface area contributed by atoms with Crippen LogP contribution in [0.2, 0.25) is 10.0 Å². The fourth-order valence-corrected chi connectivity index (χ4v) is 4.87. The Bertz CT molecular complexity index is 929. The number of benzene rings is 1. The molecule has 0 N–H and O–H groups in total. The van der Waals surface area contributed by atoms with Crippen molar-refractivity contribution in [1.29, 1.82) is 0 Å². The quantitative estimate of drug-likeness (QED) is 0.544. The molecule has 0 unspecified atom stereocenters. The van der Waals surface area contributed by atoms with Gasteiger partial charge in [0, 0.05) is 21.7 Å². The number of aromatic nitrogens is 2. The van der Waals surface area contributed by atoms with E-state index >= 15 is 0 Å². The van der Waals surface area contributed by atoms with Gasteiger partial charge in [0.05, 0.1) is 21.8 Å². The Labute approximate surface area is 155 Å². The molecule has 0 spiro atoms. The third kappa shape index (κ3) is 2.55. The van der Waals surface area contributed by atoms with Crippen molar-refractivity contribution in [1.82, 2.24) is 9.97 Å². The van der Waals surface area contributed by atoms with Gasteiger partial charge in [0.25, 0.3) is 0 Å². The van der Waals surface area contributed by atoms with Gasteiger partial charge in [-0.15, -0.1) is 11.3 Å². The highest BCUT2D eigenvalue weighted by atomic mass is 35.5. The molecular formula is C19H16Cl2N2S. The number of nitrogens with zero attached hydrogens (tertiary/aromatic N) is 2. The molecule has 1 saturated carbocycles. The van der Waals surface area contributed by atoms with Gasteiger partial charge in [-0.25, -0.2) is 4.98 Å². The number of rotatable bonds is 3. The molecule has 0 atom stereocenters. The highest BCUT2D eigenvalue weighted by Gasteiger charge is 2.50. The second-order valence-corrected chi connectivity index (χ2v) is 8.35. The van der Waals surface area contributed by atoms with Gasteiger partial charge in [0.2, 0.25) is 0 Å². The summed E-state index contributed by atoms with van der Waals surface area (Å²) in [6.45, 7) is 4.22. The van der Waals surface area contributed by atoms with Crippen LogP contribution in [0.25, 0.3) is 11.3 Å². The molecule has 2 heterocycles. The number of thiazole rings is 1. The van der Waals surface area contributed by atoms with Crippen molar-refractivity contribution < 1.29 is 0 Å². The first-order valence-corrected chi connectivity index (χ1v) is 9.44. The van der Waals surface area contributed by atoms with Crippen LogP contribution in [0.4, 0.5) is 0 Å². The largest absolute Gasteiger partial charge is 0.260 e. The van der Waals surface area contributed by atoms with Crippen molar-refractivity contribution in [2.75, 3.05) is 0 Å². The van der Waals surface area contributed by atoms with Gasteiger partial charge in [0.1, 0.15) is 5.01 Å². The molecule has 0 aliphatic heterocycles. The first kappa shape index (κ1) is 16.1. The summed E-state index contributed by atoms with van der Waals surface area (Å²) in [6.07, 6.45) is 4.08. The van der Waals surface area contributed by atoms with Crippen molar-refractivity contribution in [2.45, 2.75) is 32.1 Å². The van der Waals surface area contributed by atoms with E-state index in [4.69, 9.17) is 28.2 Å². The minimum Gasteiger partial charge on any atom is -0.260 e. The molecule has 1 aliphatic rings. The zero-order valence-corrected chi connectivity index (χ0v) is 15.8. The SMILES string of the molecule is Cc1cccnc1C1(c2nc(-c3ccc(Cl)cc3Cl)c(C)s2)CC1. The lowest BCUT2D eigenvalue weighted by molar-refractivity contribution is 0.783. The van der Waals surface area contributed by atoms with E-state index in [9.17, 15) is 0 Å². The first-order valence-electron chi connectivity index (χ1n) is 7.87. The third-order valence-electron chi connectivity index (χ3n) is 4.60. The lowest BCUT2D eigenvalue weighted by Gasteiger charge is -2.14. The Morgan fingerprint density at radius 1 is 1.12 bits per heavy atom. The Kier molecular flexibility index (Phi) is 3.91. The van der Waals surface area contributed by atoms with Crippen molar-refractivity contribution in [3.63, 3.8) is 0 Å². The second-order valence-electron chi connectivity index (χ2n) is 6.30. The highest BCUT2D eigenvalue weighted by Crippen LogP contribution is 2.55. The molecule has 1 aromatic carbocycles. The molecule has 24 heavy (non-hydrogen) atoms. The molecule has 0 amide bonds. The molecule has 1 aliphatic carbocycles. The smallest absolute Gasteiger partial charge is 0.106 e. The summed E-state index contributed by atoms with van der Waals surface area (Å²) < 4.78 is 0. The summed E-state index contributed by atoms with van der Waals surface area (Å²) in [7, 11) is 0. The zero-order chi connectivity index (χ0) is 16.9. The number of pyridine rings is 1. The lowest BCUT2D eigenvalue weighted by Crippen LogP contribution is -2.12. The van der Waals surface area contributed by atoms with Crippen LogP contribution in [0.1, 0.15) is 34.0 Å². The topological polar surface area (TPSA) is 25.8 Å². The van der Waals surface area contributed by atoms with Crippen LogP contribution in [0.3, 0.4) is 0 Å². The fraction of sp³-hybridized carbons (Fsp3) is 0.263. The molecule has 4 rings (SSSR count). The van der Waals surface area contributed by atoms with Crippen molar-refractivity contribution in [3.8, 4) is 11.3 Å². The minimum atomic E-state index is -0.0160. The van der Waals surface area contributed by atoms with E-state index < -0.39 is 0 Å². The number of halogens is 2. The van der Waals surface area contributed by atoms with E-state index in [1.165, 1.54) is 10.4 Å². The Morgan fingerprint density at radius 3 is 2.58 bits per heavy atom. The van der Waals surface area contributed by atoms with E-state index in [1.54, 1.807) is 17.4 Å². The average Bonchev–Trinajstić information content (AvgIpc) is 3.26. The van der Waals surface area contributed by atoms with E-state index in [0.29, 0.717) is 10.0 Å². The Hall–Kier alpha value is -1.42. The van der Waals surface area contributed by atoms with Crippen LogP contribution < -0.4 is 0 Å². The van der Waals surface area contributed by atoms with Gasteiger partial charge in [-0.3, -0.25) is 4.98 Å². The van der Waals surface area contributed by atoms with Crippen LogP contribution >= 0.6 is 34.5 Å².